The van der Waals surface area contributed by atoms with Crippen LogP contribution in [0.4, 0.5) is 0 Å². The van der Waals surface area contributed by atoms with Gasteiger partial charge in [0.25, 0.3) is 5.91 Å². The zero-order chi connectivity index (χ0) is 16.2. The fourth-order valence-corrected chi connectivity index (χ4v) is 2.90. The van der Waals surface area contributed by atoms with Gasteiger partial charge in [0.05, 0.1) is 16.8 Å². The minimum absolute atomic E-state index is 0.0329. The molecule has 3 rings (SSSR count). The number of hydrogen-bond donors (Lipinski definition) is 0. The van der Waals surface area contributed by atoms with E-state index >= 15 is 0 Å². The highest BCUT2D eigenvalue weighted by Gasteiger charge is 2.26. The number of ether oxygens (including phenoxy) is 1. The molecule has 2 heterocycles. The van der Waals surface area contributed by atoms with E-state index in [1.54, 1.807) is 41.7 Å². The van der Waals surface area contributed by atoms with Gasteiger partial charge in [-0.05, 0) is 18.2 Å². The largest absolute Gasteiger partial charge is 0.473 e. The number of hydrogen-bond acceptors (Lipinski definition) is 4. The van der Waals surface area contributed by atoms with Crippen LogP contribution in [-0.2, 0) is 0 Å². The third-order valence-corrected chi connectivity index (χ3v) is 4.28. The molecule has 2 aromatic rings. The molecule has 0 aliphatic carbocycles. The Morgan fingerprint density at radius 2 is 2.00 bits per heavy atom. The predicted molar refractivity (Wildman–Crippen MR) is 88.0 cm³/mol. The fraction of sp³-hybridized carbons (Fsp3) is 0.312. The minimum Gasteiger partial charge on any atom is -0.473 e. The molecule has 0 unspecified atom stereocenters. The van der Waals surface area contributed by atoms with Crippen molar-refractivity contribution < 1.29 is 9.53 Å². The van der Waals surface area contributed by atoms with Crippen molar-refractivity contribution in [2.75, 3.05) is 13.1 Å². The Morgan fingerprint density at radius 1 is 1.22 bits per heavy atom. The van der Waals surface area contributed by atoms with Crippen molar-refractivity contribution in [1.82, 2.24) is 14.9 Å². The van der Waals surface area contributed by atoms with Crippen molar-refractivity contribution >= 4 is 29.1 Å². The van der Waals surface area contributed by atoms with Gasteiger partial charge in [-0.2, -0.15) is 0 Å². The average Bonchev–Trinajstić information content (AvgIpc) is 2.58. The lowest BCUT2D eigenvalue weighted by atomic mass is 10.1. The third-order valence-electron chi connectivity index (χ3n) is 3.71. The molecule has 7 heteroatoms. The summed E-state index contributed by atoms with van der Waals surface area (Å²) in [6, 6.07) is 4.91. The van der Waals surface area contributed by atoms with Gasteiger partial charge < -0.3 is 9.64 Å². The van der Waals surface area contributed by atoms with Crippen molar-refractivity contribution in [3.05, 3.63) is 52.4 Å². The van der Waals surface area contributed by atoms with Crippen LogP contribution < -0.4 is 4.74 Å². The number of nitrogens with zero attached hydrogens (tertiary/aromatic N) is 3. The monoisotopic (exact) mass is 351 g/mol. The summed E-state index contributed by atoms with van der Waals surface area (Å²) in [6.07, 6.45) is 6.29. The molecule has 1 aromatic heterocycles. The molecule has 1 amide bonds. The van der Waals surface area contributed by atoms with Crippen molar-refractivity contribution in [3.8, 4) is 5.88 Å². The lowest BCUT2D eigenvalue weighted by molar-refractivity contribution is 0.0587. The van der Waals surface area contributed by atoms with E-state index in [-0.39, 0.29) is 12.0 Å². The molecular formula is C16H15Cl2N3O2. The van der Waals surface area contributed by atoms with E-state index in [2.05, 4.69) is 9.97 Å². The highest BCUT2D eigenvalue weighted by atomic mass is 35.5. The topological polar surface area (TPSA) is 55.3 Å². The molecule has 0 saturated carbocycles. The number of benzene rings is 1. The maximum absolute atomic E-state index is 12.6. The Morgan fingerprint density at radius 3 is 2.70 bits per heavy atom. The van der Waals surface area contributed by atoms with Gasteiger partial charge in [-0.3, -0.25) is 9.78 Å². The molecule has 1 aliphatic rings. The lowest BCUT2D eigenvalue weighted by Crippen LogP contribution is -2.42. The van der Waals surface area contributed by atoms with Gasteiger partial charge in [-0.15, -0.1) is 0 Å². The van der Waals surface area contributed by atoms with Crippen LogP contribution in [0, 0.1) is 0 Å². The quantitative estimate of drug-likeness (QED) is 0.849. The summed E-state index contributed by atoms with van der Waals surface area (Å²) >= 11 is 12.1. The highest BCUT2D eigenvalue weighted by molar-refractivity contribution is 6.35. The molecule has 1 fully saturated rings. The summed E-state index contributed by atoms with van der Waals surface area (Å²) < 4.78 is 5.77. The first-order chi connectivity index (χ1) is 11.1. The Balaban J connectivity index is 1.60. The molecule has 120 valence electrons. The average molecular weight is 352 g/mol. The summed E-state index contributed by atoms with van der Waals surface area (Å²) in [5.74, 6) is 0.408. The third kappa shape index (κ3) is 3.92. The van der Waals surface area contributed by atoms with E-state index in [0.717, 1.165) is 12.8 Å². The predicted octanol–water partition coefficient (Wildman–Crippen LogP) is 3.47. The Hall–Kier alpha value is -1.85. The molecular weight excluding hydrogens is 337 g/mol. The highest BCUT2D eigenvalue weighted by Crippen LogP contribution is 2.24. The van der Waals surface area contributed by atoms with Gasteiger partial charge in [-0.25, -0.2) is 4.98 Å². The van der Waals surface area contributed by atoms with E-state index in [1.807, 2.05) is 0 Å². The number of amides is 1. The van der Waals surface area contributed by atoms with Crippen molar-refractivity contribution in [3.63, 3.8) is 0 Å². The molecule has 0 bridgehead atoms. The van der Waals surface area contributed by atoms with Gasteiger partial charge in [0.1, 0.15) is 6.10 Å². The summed E-state index contributed by atoms with van der Waals surface area (Å²) in [4.78, 5) is 22.4. The Kier molecular flexibility index (Phi) is 4.98. The molecule has 1 saturated heterocycles. The second-order valence-electron chi connectivity index (χ2n) is 5.28. The zero-order valence-corrected chi connectivity index (χ0v) is 13.8. The number of likely N-dealkylation sites (tertiary alicyclic amines) is 1. The molecule has 0 spiro atoms. The van der Waals surface area contributed by atoms with E-state index in [9.17, 15) is 4.79 Å². The van der Waals surface area contributed by atoms with Crippen LogP contribution in [0.5, 0.6) is 5.88 Å². The molecule has 0 N–H and O–H groups in total. The fourth-order valence-electron chi connectivity index (χ4n) is 2.53. The second kappa shape index (κ2) is 7.15. The number of rotatable bonds is 3. The van der Waals surface area contributed by atoms with Gasteiger partial charge in [0.15, 0.2) is 0 Å². The minimum atomic E-state index is -0.101. The molecule has 0 radical (unpaired) electrons. The van der Waals surface area contributed by atoms with Crippen LogP contribution in [-0.4, -0.2) is 40.0 Å². The number of carbonyl (C=O) groups excluding carboxylic acids is 1. The van der Waals surface area contributed by atoms with Gasteiger partial charge in [-0.1, -0.05) is 23.2 Å². The van der Waals surface area contributed by atoms with Crippen LogP contribution in [0.3, 0.4) is 0 Å². The summed E-state index contributed by atoms with van der Waals surface area (Å²) in [5.41, 5.74) is 0.437. The van der Waals surface area contributed by atoms with Gasteiger partial charge in [0.2, 0.25) is 5.88 Å². The molecule has 0 atom stereocenters. The number of piperidine rings is 1. The number of halogens is 2. The lowest BCUT2D eigenvalue weighted by Gasteiger charge is -2.32. The number of aromatic nitrogens is 2. The first-order valence-corrected chi connectivity index (χ1v) is 8.06. The van der Waals surface area contributed by atoms with Crippen molar-refractivity contribution in [2.24, 2.45) is 0 Å². The van der Waals surface area contributed by atoms with Crippen LogP contribution in [0.25, 0.3) is 0 Å². The molecule has 1 aromatic carbocycles. The van der Waals surface area contributed by atoms with Crippen molar-refractivity contribution in [1.29, 1.82) is 0 Å². The summed E-state index contributed by atoms with van der Waals surface area (Å²) in [5, 5.41) is 0.913. The molecule has 23 heavy (non-hydrogen) atoms. The van der Waals surface area contributed by atoms with Crippen LogP contribution in [0.1, 0.15) is 23.2 Å². The molecule has 1 aliphatic heterocycles. The maximum atomic E-state index is 12.6. The Labute approximate surface area is 144 Å². The van der Waals surface area contributed by atoms with Crippen LogP contribution in [0.15, 0.2) is 36.8 Å². The second-order valence-corrected chi connectivity index (χ2v) is 6.12. The smallest absolute Gasteiger partial charge is 0.255 e. The van der Waals surface area contributed by atoms with Crippen LogP contribution in [0.2, 0.25) is 10.0 Å². The summed E-state index contributed by atoms with van der Waals surface area (Å²) in [6.45, 7) is 1.21. The standard InChI is InChI=1S/C16H15Cl2N3O2/c17-11-1-2-14(18)13(9-11)16(22)21-7-3-12(4-8-21)23-15-10-19-5-6-20-15/h1-2,5-6,9-10,12H,3-4,7-8H2. The number of carbonyl (C=O) groups is 1. The first kappa shape index (κ1) is 16.0. The SMILES string of the molecule is O=C(c1cc(Cl)ccc1Cl)N1CCC(Oc2cnccn2)CC1. The Bertz CT molecular complexity index is 689. The zero-order valence-electron chi connectivity index (χ0n) is 12.3. The van der Waals surface area contributed by atoms with E-state index in [0.29, 0.717) is 34.6 Å². The van der Waals surface area contributed by atoms with Gasteiger partial charge in [0, 0.05) is 43.3 Å². The van der Waals surface area contributed by atoms with Crippen molar-refractivity contribution in [2.45, 2.75) is 18.9 Å². The first-order valence-electron chi connectivity index (χ1n) is 7.30. The molecule has 5 nitrogen and oxygen atoms in total. The van der Waals surface area contributed by atoms with E-state index in [4.69, 9.17) is 27.9 Å². The van der Waals surface area contributed by atoms with Gasteiger partial charge >= 0.3 is 0 Å². The summed E-state index contributed by atoms with van der Waals surface area (Å²) in [7, 11) is 0. The van der Waals surface area contributed by atoms with E-state index < -0.39 is 0 Å². The normalized spacial score (nSPS) is 15.5. The van der Waals surface area contributed by atoms with E-state index in [1.165, 1.54) is 0 Å². The maximum Gasteiger partial charge on any atom is 0.255 e. The van der Waals surface area contributed by atoms with Crippen LogP contribution >= 0.6 is 23.2 Å².